The van der Waals surface area contributed by atoms with Crippen LogP contribution in [0.15, 0.2) is 0 Å². The van der Waals surface area contributed by atoms with Gasteiger partial charge in [0, 0.05) is 0 Å². The van der Waals surface area contributed by atoms with Crippen molar-refractivity contribution in [2.24, 2.45) is 0 Å². The van der Waals surface area contributed by atoms with Crippen molar-refractivity contribution in [1.29, 1.82) is 0 Å². The predicted molar refractivity (Wildman–Crippen MR) is 110 cm³/mol. The molecule has 0 aromatic heterocycles. The molecule has 2 aliphatic heterocycles. The van der Waals surface area contributed by atoms with Crippen LogP contribution in [0.4, 0.5) is 0 Å². The van der Waals surface area contributed by atoms with E-state index in [4.69, 9.17) is 24.4 Å². The second-order valence-corrected chi connectivity index (χ2v) is 14.6. The molecule has 0 amide bonds. The van der Waals surface area contributed by atoms with Gasteiger partial charge in [-0.2, -0.15) is 0 Å². The molecule has 0 bridgehead atoms. The maximum Gasteiger partial charge on any atom is 0.152 e. The lowest BCUT2D eigenvalue weighted by molar-refractivity contribution is 0.477. The van der Waals surface area contributed by atoms with Gasteiger partial charge in [0.2, 0.25) is 0 Å². The summed E-state index contributed by atoms with van der Waals surface area (Å²) >= 11 is 10.5. The van der Waals surface area contributed by atoms with E-state index in [2.05, 4.69) is 10.6 Å². The van der Waals surface area contributed by atoms with Crippen molar-refractivity contribution in [3.63, 3.8) is 0 Å². The summed E-state index contributed by atoms with van der Waals surface area (Å²) in [5.41, 5.74) is -1.08. The molecule has 0 spiro atoms. The fraction of sp³-hybridized carbons (Fsp3) is 0.833. The summed E-state index contributed by atoms with van der Waals surface area (Å²) in [4.78, 5) is 0. The number of thiocarbonyl (C=S) groups is 2. The highest BCUT2D eigenvalue weighted by atomic mass is 33.1. The summed E-state index contributed by atoms with van der Waals surface area (Å²) in [7, 11) is -3.52. The molecule has 24 heavy (non-hydrogen) atoms. The summed E-state index contributed by atoms with van der Waals surface area (Å²) in [6.45, 7) is 3.69. The zero-order chi connectivity index (χ0) is 18.2. The normalized spacial score (nSPS) is 33.9. The maximum absolute atomic E-state index is 11.6. The van der Waals surface area contributed by atoms with Crippen LogP contribution >= 0.6 is 46.0 Å². The average molecular weight is 449 g/mol. The average Bonchev–Trinajstić information content (AvgIpc) is 2.82. The van der Waals surface area contributed by atoms with Gasteiger partial charge in [0.15, 0.2) is 19.7 Å². The Hall–Kier alpha value is 0.380. The van der Waals surface area contributed by atoms with E-state index in [1.54, 1.807) is 0 Å². The molecule has 2 N–H and O–H groups in total. The van der Waals surface area contributed by atoms with Crippen LogP contribution in [-0.2, 0) is 19.7 Å². The molecule has 0 aromatic carbocycles. The van der Waals surface area contributed by atoms with E-state index >= 15 is 0 Å². The van der Waals surface area contributed by atoms with Crippen molar-refractivity contribution in [2.75, 3.05) is 23.0 Å². The van der Waals surface area contributed by atoms with Crippen molar-refractivity contribution in [3.05, 3.63) is 0 Å². The molecule has 0 aliphatic carbocycles. The first kappa shape index (κ1) is 20.7. The van der Waals surface area contributed by atoms with Crippen LogP contribution < -0.4 is 10.6 Å². The lowest BCUT2D eigenvalue weighted by Gasteiger charge is -2.26. The summed E-state index contributed by atoms with van der Waals surface area (Å²) in [6, 6.07) is 0. The molecule has 2 fully saturated rings. The number of sulfone groups is 2. The topological polar surface area (TPSA) is 92.3 Å². The van der Waals surface area contributed by atoms with Gasteiger partial charge in [-0.05, 0) is 48.3 Å². The molecule has 2 heterocycles. The van der Waals surface area contributed by atoms with Gasteiger partial charge in [-0.25, -0.2) is 16.8 Å². The van der Waals surface area contributed by atoms with Gasteiger partial charge >= 0.3 is 0 Å². The quantitative estimate of drug-likeness (QED) is 0.475. The smallest absolute Gasteiger partial charge is 0.152 e. The lowest BCUT2D eigenvalue weighted by atomic mass is 10.0. The van der Waals surface area contributed by atoms with Crippen LogP contribution in [0, 0.1) is 0 Å². The Balaban J connectivity index is 1.79. The van der Waals surface area contributed by atoms with Crippen molar-refractivity contribution in [3.8, 4) is 0 Å². The standard InChI is InChI=1S/C12H20N2O4S6/c1-11(3-5-23(15,16)7-11)13-9(19)21-22-10(20)14-12(2)4-6-24(17,18)8-12/h3-8H2,1-2H3,(H,13,19)(H,14,20)/t11-,12-/m1/s1. The Morgan fingerprint density at radius 1 is 0.833 bits per heavy atom. The largest absolute Gasteiger partial charge is 0.364 e. The minimum atomic E-state index is -3.00. The van der Waals surface area contributed by atoms with Gasteiger partial charge in [0.25, 0.3) is 0 Å². The van der Waals surface area contributed by atoms with Gasteiger partial charge in [0.1, 0.15) is 8.64 Å². The van der Waals surface area contributed by atoms with Gasteiger partial charge in [-0.1, -0.05) is 24.4 Å². The molecule has 2 saturated heterocycles. The van der Waals surface area contributed by atoms with E-state index in [0.29, 0.717) is 21.5 Å². The summed E-state index contributed by atoms with van der Waals surface area (Å²) in [6.07, 6.45) is 1.05. The molecule has 12 heteroatoms. The Kier molecular flexibility index (Phi) is 6.19. The molecule has 2 atom stereocenters. The Bertz CT molecular complexity index is 686. The first-order valence-electron chi connectivity index (χ1n) is 7.22. The predicted octanol–water partition coefficient (Wildman–Crippen LogP) is 1.27. The van der Waals surface area contributed by atoms with Crippen molar-refractivity contribution in [1.82, 2.24) is 10.6 Å². The molecule has 2 rings (SSSR count). The summed E-state index contributed by atoms with van der Waals surface area (Å²) in [5, 5.41) is 6.19. The third-order valence-electron chi connectivity index (χ3n) is 4.01. The second kappa shape index (κ2) is 7.18. The highest BCUT2D eigenvalue weighted by Crippen LogP contribution is 2.30. The highest BCUT2D eigenvalue weighted by molar-refractivity contribution is 8.89. The van der Waals surface area contributed by atoms with Crippen LogP contribution in [0.1, 0.15) is 26.7 Å². The summed E-state index contributed by atoms with van der Waals surface area (Å²) < 4.78 is 47.3. The summed E-state index contributed by atoms with van der Waals surface area (Å²) in [5.74, 6) is 0.488. The Labute approximate surface area is 161 Å². The van der Waals surface area contributed by atoms with E-state index in [9.17, 15) is 16.8 Å². The Morgan fingerprint density at radius 2 is 1.17 bits per heavy atom. The first-order valence-corrected chi connectivity index (χ1v) is 13.8. The van der Waals surface area contributed by atoms with E-state index in [1.165, 1.54) is 21.6 Å². The number of hydrogen-bond donors (Lipinski definition) is 2. The van der Waals surface area contributed by atoms with Gasteiger partial charge < -0.3 is 10.6 Å². The van der Waals surface area contributed by atoms with E-state index in [0.717, 1.165) is 0 Å². The molecule has 138 valence electrons. The first-order chi connectivity index (χ1) is 10.8. The minimum Gasteiger partial charge on any atom is -0.364 e. The maximum atomic E-state index is 11.6. The highest BCUT2D eigenvalue weighted by Gasteiger charge is 2.40. The van der Waals surface area contributed by atoms with E-state index in [1.807, 2.05) is 13.8 Å². The lowest BCUT2D eigenvalue weighted by Crippen LogP contribution is -2.46. The van der Waals surface area contributed by atoms with Crippen LogP contribution in [0.2, 0.25) is 0 Å². The zero-order valence-corrected chi connectivity index (χ0v) is 18.2. The number of rotatable bonds is 2. The second-order valence-electron chi connectivity index (χ2n) is 6.80. The molecule has 0 aromatic rings. The van der Waals surface area contributed by atoms with Gasteiger partial charge in [-0.15, -0.1) is 0 Å². The third kappa shape index (κ3) is 5.97. The zero-order valence-electron chi connectivity index (χ0n) is 13.3. The monoisotopic (exact) mass is 448 g/mol. The number of hydrogen-bond acceptors (Lipinski definition) is 8. The SMILES string of the molecule is C[C@@]1(NC(=S)SSC(=S)N[C@]2(C)CCS(=O)(=O)C2)CCS(=O)(=O)C1. The van der Waals surface area contributed by atoms with Gasteiger partial charge in [0.05, 0.1) is 34.1 Å². The molecule has 6 nitrogen and oxygen atoms in total. The van der Waals surface area contributed by atoms with E-state index in [-0.39, 0.29) is 23.0 Å². The fourth-order valence-corrected chi connectivity index (χ4v) is 9.55. The molecular weight excluding hydrogens is 429 g/mol. The molecule has 0 radical (unpaired) electrons. The van der Waals surface area contributed by atoms with Gasteiger partial charge in [-0.3, -0.25) is 0 Å². The molecule has 0 saturated carbocycles. The van der Waals surface area contributed by atoms with Crippen LogP contribution in [0.5, 0.6) is 0 Å². The van der Waals surface area contributed by atoms with Crippen LogP contribution in [0.25, 0.3) is 0 Å². The minimum absolute atomic E-state index is 0.0734. The molecule has 2 aliphatic rings. The van der Waals surface area contributed by atoms with E-state index < -0.39 is 30.8 Å². The van der Waals surface area contributed by atoms with Crippen LogP contribution in [0.3, 0.4) is 0 Å². The van der Waals surface area contributed by atoms with Crippen molar-refractivity contribution < 1.29 is 16.8 Å². The van der Waals surface area contributed by atoms with Crippen molar-refractivity contribution in [2.45, 2.75) is 37.8 Å². The molecule has 0 unspecified atom stereocenters. The third-order valence-corrected chi connectivity index (χ3v) is 11.0. The number of nitrogens with one attached hydrogen (secondary N) is 2. The molecular formula is C12H20N2O4S6. The van der Waals surface area contributed by atoms with Crippen LogP contribution in [-0.4, -0.2) is 59.6 Å². The van der Waals surface area contributed by atoms with Crippen molar-refractivity contribution >= 4 is 74.3 Å². The fourth-order valence-electron chi connectivity index (χ4n) is 2.83. The Morgan fingerprint density at radius 3 is 1.42 bits per heavy atom.